The summed E-state index contributed by atoms with van der Waals surface area (Å²) in [6.45, 7) is 8.91. The minimum Gasteiger partial charge on any atom is -0.500 e. The SMILES string of the molecule is Cc1cnc(-c2[c-]ccc3c2oc2c4cnccc4ccc32)cc1CC(C)(C)C.[Ir].[c-]1ccccc1-c1ccccn1. The molecule has 0 atom stereocenters. The maximum Gasteiger partial charge on any atom is 0.130 e. The molecule has 0 bridgehead atoms. The van der Waals surface area contributed by atoms with Crippen molar-refractivity contribution in [1.29, 1.82) is 0 Å². The molecule has 211 valence electrons. The number of aryl methyl sites for hydroxylation is 1. The fourth-order valence-corrected chi connectivity index (χ4v) is 5.09. The third-order valence-corrected chi connectivity index (χ3v) is 7.06. The van der Waals surface area contributed by atoms with Crippen LogP contribution in [0, 0.1) is 24.5 Å². The zero-order chi connectivity index (χ0) is 28.4. The van der Waals surface area contributed by atoms with E-state index in [0.29, 0.717) is 0 Å². The van der Waals surface area contributed by atoms with E-state index in [1.54, 1.807) is 6.20 Å². The predicted octanol–water partition coefficient (Wildman–Crippen LogP) is 9.44. The topological polar surface area (TPSA) is 51.8 Å². The van der Waals surface area contributed by atoms with Crippen molar-refractivity contribution in [3.8, 4) is 22.5 Å². The summed E-state index contributed by atoms with van der Waals surface area (Å²) in [5.41, 5.74) is 8.27. The van der Waals surface area contributed by atoms with E-state index in [4.69, 9.17) is 9.40 Å². The molecule has 1 radical (unpaired) electrons. The van der Waals surface area contributed by atoms with Crippen LogP contribution < -0.4 is 0 Å². The number of benzene rings is 3. The molecule has 7 rings (SSSR count). The first-order valence-electron chi connectivity index (χ1n) is 13.8. The van der Waals surface area contributed by atoms with Crippen molar-refractivity contribution in [3.63, 3.8) is 0 Å². The Kier molecular flexibility index (Phi) is 8.63. The minimum absolute atomic E-state index is 0. The second kappa shape index (κ2) is 12.4. The minimum atomic E-state index is 0. The van der Waals surface area contributed by atoms with Crippen LogP contribution in [0.1, 0.15) is 31.9 Å². The number of fused-ring (bicyclic) bond motifs is 5. The Morgan fingerprint density at radius 2 is 1.57 bits per heavy atom. The van der Waals surface area contributed by atoms with Gasteiger partial charge in [0.15, 0.2) is 0 Å². The van der Waals surface area contributed by atoms with E-state index >= 15 is 0 Å². The van der Waals surface area contributed by atoms with Crippen LogP contribution in [0.2, 0.25) is 0 Å². The van der Waals surface area contributed by atoms with Gasteiger partial charge in [0.05, 0.1) is 5.58 Å². The monoisotopic (exact) mass is 726 g/mol. The third-order valence-electron chi connectivity index (χ3n) is 7.06. The van der Waals surface area contributed by atoms with Crippen LogP contribution in [0.5, 0.6) is 0 Å². The van der Waals surface area contributed by atoms with E-state index in [1.165, 1.54) is 11.1 Å². The molecule has 4 heterocycles. The van der Waals surface area contributed by atoms with Crippen LogP contribution in [0.25, 0.3) is 55.2 Å². The van der Waals surface area contributed by atoms with E-state index < -0.39 is 0 Å². The Balaban J connectivity index is 0.000000228. The molecule has 42 heavy (non-hydrogen) atoms. The Morgan fingerprint density at radius 3 is 2.33 bits per heavy atom. The molecule has 0 fully saturated rings. The maximum atomic E-state index is 6.41. The van der Waals surface area contributed by atoms with E-state index in [2.05, 4.69) is 74.1 Å². The molecule has 0 aliphatic heterocycles. The first-order chi connectivity index (χ1) is 19.9. The number of rotatable bonds is 3. The van der Waals surface area contributed by atoms with Gasteiger partial charge >= 0.3 is 0 Å². The summed E-state index contributed by atoms with van der Waals surface area (Å²) in [6, 6.07) is 32.7. The molecule has 0 spiro atoms. The zero-order valence-electron chi connectivity index (χ0n) is 24.1. The van der Waals surface area contributed by atoms with Crippen molar-refractivity contribution in [2.24, 2.45) is 5.41 Å². The van der Waals surface area contributed by atoms with Crippen molar-refractivity contribution in [3.05, 3.63) is 127 Å². The van der Waals surface area contributed by atoms with Crippen molar-refractivity contribution >= 4 is 32.7 Å². The van der Waals surface area contributed by atoms with Crippen LogP contribution in [-0.2, 0) is 26.5 Å². The average molecular weight is 726 g/mol. The van der Waals surface area contributed by atoms with Crippen molar-refractivity contribution in [1.82, 2.24) is 15.0 Å². The van der Waals surface area contributed by atoms with E-state index in [1.807, 2.05) is 73.2 Å². The van der Waals surface area contributed by atoms with E-state index in [-0.39, 0.29) is 25.5 Å². The quantitative estimate of drug-likeness (QED) is 0.171. The van der Waals surface area contributed by atoms with Gasteiger partial charge in [-0.05, 0) is 53.2 Å². The number of nitrogens with zero attached hydrogens (tertiary/aromatic N) is 3. The van der Waals surface area contributed by atoms with Gasteiger partial charge in [0.1, 0.15) is 5.58 Å². The summed E-state index contributed by atoms with van der Waals surface area (Å²) in [7, 11) is 0. The number of pyridine rings is 3. The summed E-state index contributed by atoms with van der Waals surface area (Å²) in [5.74, 6) is 0. The van der Waals surface area contributed by atoms with Gasteiger partial charge in [-0.15, -0.1) is 54.1 Å². The number of aromatic nitrogens is 3. The molecule has 7 aromatic rings. The van der Waals surface area contributed by atoms with Gasteiger partial charge in [-0.1, -0.05) is 67.6 Å². The molecule has 0 saturated carbocycles. The molecule has 0 saturated heterocycles. The van der Waals surface area contributed by atoms with Gasteiger partial charge in [-0.3, -0.25) is 4.98 Å². The summed E-state index contributed by atoms with van der Waals surface area (Å²) >= 11 is 0. The zero-order valence-corrected chi connectivity index (χ0v) is 26.5. The Hall–Kier alpha value is -4.18. The van der Waals surface area contributed by atoms with Crippen molar-refractivity contribution < 1.29 is 24.5 Å². The molecular weight excluding hydrogens is 695 g/mol. The molecule has 0 unspecified atom stereocenters. The Bertz CT molecular complexity index is 1920. The molecule has 3 aromatic carbocycles. The van der Waals surface area contributed by atoms with E-state index in [0.717, 1.165) is 61.6 Å². The van der Waals surface area contributed by atoms with Gasteiger partial charge in [-0.25, -0.2) is 0 Å². The first kappa shape index (κ1) is 29.3. The predicted molar refractivity (Wildman–Crippen MR) is 167 cm³/mol. The molecule has 0 aliphatic rings. The fourth-order valence-electron chi connectivity index (χ4n) is 5.09. The summed E-state index contributed by atoms with van der Waals surface area (Å²) in [4.78, 5) is 13.2. The summed E-state index contributed by atoms with van der Waals surface area (Å²) < 4.78 is 6.41. The van der Waals surface area contributed by atoms with Crippen LogP contribution in [-0.4, -0.2) is 15.0 Å². The second-order valence-electron chi connectivity index (χ2n) is 11.5. The molecule has 0 N–H and O–H groups in total. The molecule has 0 amide bonds. The first-order valence-corrected chi connectivity index (χ1v) is 13.8. The Morgan fingerprint density at radius 1 is 0.738 bits per heavy atom. The molecular formula is C37H31IrN3O-2. The fraction of sp³-hybridized carbons (Fsp3) is 0.162. The Labute approximate surface area is 260 Å². The van der Waals surface area contributed by atoms with Gasteiger partial charge in [-0.2, -0.15) is 0 Å². The normalized spacial score (nSPS) is 11.2. The average Bonchev–Trinajstić information content (AvgIpc) is 3.38. The number of hydrogen-bond donors (Lipinski definition) is 0. The van der Waals surface area contributed by atoms with Crippen LogP contribution in [0.3, 0.4) is 0 Å². The van der Waals surface area contributed by atoms with Gasteiger partial charge in [0.25, 0.3) is 0 Å². The standard InChI is InChI=1S/C26H23N2O.C11H8N.Ir/c1-16-14-28-23(12-18(16)13-26(2,3)4)21-7-5-6-19-20-9-8-17-10-11-27-15-22(17)25(20)29-24(19)21;1-2-6-10(7-3-1)11-8-4-5-9-12-11;/h5-6,8-12,14-15H,13H2,1-4H3;1-6,8-9H;/q2*-1;. The maximum absolute atomic E-state index is 6.41. The number of hydrogen-bond acceptors (Lipinski definition) is 4. The smallest absolute Gasteiger partial charge is 0.130 e. The van der Waals surface area contributed by atoms with Crippen LogP contribution in [0.4, 0.5) is 0 Å². The van der Waals surface area contributed by atoms with Gasteiger partial charge in [0.2, 0.25) is 0 Å². The van der Waals surface area contributed by atoms with Crippen LogP contribution in [0.15, 0.2) is 108 Å². The summed E-state index contributed by atoms with van der Waals surface area (Å²) in [5, 5.41) is 4.33. The number of furan rings is 1. The molecule has 0 aliphatic carbocycles. The van der Waals surface area contributed by atoms with Crippen LogP contribution >= 0.6 is 0 Å². The largest absolute Gasteiger partial charge is 0.500 e. The van der Waals surface area contributed by atoms with Crippen molar-refractivity contribution in [2.75, 3.05) is 0 Å². The molecule has 5 heteroatoms. The van der Waals surface area contributed by atoms with Gasteiger partial charge in [0, 0.05) is 55.7 Å². The third kappa shape index (κ3) is 6.18. The van der Waals surface area contributed by atoms with Gasteiger partial charge < -0.3 is 14.4 Å². The second-order valence-corrected chi connectivity index (χ2v) is 11.5. The molecule has 4 aromatic heterocycles. The van der Waals surface area contributed by atoms with E-state index in [9.17, 15) is 0 Å². The van der Waals surface area contributed by atoms with Crippen molar-refractivity contribution in [2.45, 2.75) is 34.1 Å². The summed E-state index contributed by atoms with van der Waals surface area (Å²) in [6.07, 6.45) is 8.43. The molecule has 4 nitrogen and oxygen atoms in total.